The number of aromatic nitrogens is 1. The Hall–Kier alpha value is -0.980. The molecule has 5 nitrogen and oxygen atoms in total. The van der Waals surface area contributed by atoms with Crippen LogP contribution in [0.1, 0.15) is 28.3 Å². The quantitative estimate of drug-likeness (QED) is 0.846. The predicted octanol–water partition coefficient (Wildman–Crippen LogP) is 1.39. The van der Waals surface area contributed by atoms with E-state index in [1.807, 2.05) is 17.2 Å². The van der Waals surface area contributed by atoms with Gasteiger partial charge < -0.3 is 9.64 Å². The highest BCUT2D eigenvalue weighted by Gasteiger charge is 2.43. The molecular formula is C15H21N3O2S. The van der Waals surface area contributed by atoms with Gasteiger partial charge in [0, 0.05) is 31.6 Å². The third-order valence-electron chi connectivity index (χ3n) is 4.73. The van der Waals surface area contributed by atoms with Crippen LogP contribution < -0.4 is 0 Å². The van der Waals surface area contributed by atoms with Crippen LogP contribution in [0.25, 0.3) is 0 Å². The highest BCUT2D eigenvalue weighted by molar-refractivity contribution is 7.09. The van der Waals surface area contributed by atoms with Crippen LogP contribution in [0.5, 0.6) is 0 Å². The van der Waals surface area contributed by atoms with E-state index in [9.17, 15) is 4.79 Å². The fraction of sp³-hybridized carbons (Fsp3) is 0.733. The van der Waals surface area contributed by atoms with Crippen LogP contribution in [-0.2, 0) is 4.74 Å². The summed E-state index contributed by atoms with van der Waals surface area (Å²) in [7, 11) is 0. The van der Waals surface area contributed by atoms with Crippen molar-refractivity contribution in [1.29, 1.82) is 0 Å². The van der Waals surface area contributed by atoms with E-state index in [0.717, 1.165) is 30.6 Å². The van der Waals surface area contributed by atoms with Gasteiger partial charge in [-0.3, -0.25) is 9.69 Å². The molecule has 1 saturated carbocycles. The molecule has 1 aromatic rings. The van der Waals surface area contributed by atoms with E-state index in [2.05, 4.69) is 9.88 Å². The third-order valence-corrected chi connectivity index (χ3v) is 5.50. The van der Waals surface area contributed by atoms with Crippen molar-refractivity contribution in [1.82, 2.24) is 14.8 Å². The van der Waals surface area contributed by atoms with Gasteiger partial charge in [0.2, 0.25) is 0 Å². The number of thiazole rings is 1. The Bertz CT molecular complexity index is 543. The summed E-state index contributed by atoms with van der Waals surface area (Å²) in [6.45, 7) is 6.42. The van der Waals surface area contributed by atoms with E-state index in [1.54, 1.807) is 0 Å². The summed E-state index contributed by atoms with van der Waals surface area (Å²) in [6, 6.07) is 0.378. The number of carbonyl (C=O) groups is 1. The van der Waals surface area contributed by atoms with Crippen LogP contribution in [0.2, 0.25) is 0 Å². The molecule has 0 unspecified atom stereocenters. The normalized spacial score (nSPS) is 29.7. The number of aryl methyl sites for hydroxylation is 1. The summed E-state index contributed by atoms with van der Waals surface area (Å²) in [4.78, 5) is 21.3. The van der Waals surface area contributed by atoms with Gasteiger partial charge in [0.25, 0.3) is 5.91 Å². The second-order valence-electron chi connectivity index (χ2n) is 6.38. The number of morpholine rings is 1. The highest BCUT2D eigenvalue weighted by Crippen LogP contribution is 2.33. The van der Waals surface area contributed by atoms with Gasteiger partial charge in [-0.15, -0.1) is 11.3 Å². The molecule has 3 heterocycles. The van der Waals surface area contributed by atoms with Crippen LogP contribution in [-0.4, -0.2) is 65.6 Å². The molecule has 6 heteroatoms. The topological polar surface area (TPSA) is 45.7 Å². The zero-order valence-electron chi connectivity index (χ0n) is 12.3. The average Bonchev–Trinajstić information content (AvgIpc) is 3.01. The first-order chi connectivity index (χ1) is 10.2. The molecule has 1 amide bonds. The Morgan fingerprint density at radius 1 is 1.48 bits per heavy atom. The van der Waals surface area contributed by atoms with Crippen LogP contribution in [0, 0.1) is 12.8 Å². The molecule has 114 valence electrons. The first kappa shape index (κ1) is 13.7. The lowest BCUT2D eigenvalue weighted by Gasteiger charge is -2.36. The van der Waals surface area contributed by atoms with Gasteiger partial charge in [-0.1, -0.05) is 0 Å². The lowest BCUT2D eigenvalue weighted by molar-refractivity contribution is -0.0484. The van der Waals surface area contributed by atoms with E-state index < -0.39 is 0 Å². The summed E-state index contributed by atoms with van der Waals surface area (Å²) in [5.74, 6) is 0.943. The minimum atomic E-state index is 0.0590. The number of fused-ring (bicyclic) bond motifs is 1. The Balaban J connectivity index is 1.45. The lowest BCUT2D eigenvalue weighted by atomic mass is 10.1. The molecule has 2 aliphatic heterocycles. The molecular weight excluding hydrogens is 286 g/mol. The van der Waals surface area contributed by atoms with Crippen molar-refractivity contribution in [2.24, 2.45) is 5.92 Å². The molecule has 2 atom stereocenters. The second-order valence-corrected chi connectivity index (χ2v) is 7.44. The van der Waals surface area contributed by atoms with Gasteiger partial charge in [-0.05, 0) is 25.7 Å². The molecule has 3 fully saturated rings. The number of hydrogen-bond donors (Lipinski definition) is 0. The SMILES string of the molecule is Cc1nc(C(=O)N2C[C@@H]3OCCN(CC4CC4)[C@@H]3C2)cs1. The van der Waals surface area contributed by atoms with Crippen molar-refractivity contribution in [3.63, 3.8) is 0 Å². The minimum Gasteiger partial charge on any atom is -0.373 e. The zero-order chi connectivity index (χ0) is 14.4. The van der Waals surface area contributed by atoms with Gasteiger partial charge in [0.15, 0.2) is 0 Å². The predicted molar refractivity (Wildman–Crippen MR) is 80.6 cm³/mol. The number of carbonyl (C=O) groups excluding carboxylic acids is 1. The van der Waals surface area contributed by atoms with Crippen molar-refractivity contribution in [2.75, 3.05) is 32.8 Å². The Kier molecular flexibility index (Phi) is 3.47. The first-order valence-corrected chi connectivity index (χ1v) is 8.66. The minimum absolute atomic E-state index is 0.0590. The third kappa shape index (κ3) is 2.72. The fourth-order valence-corrected chi connectivity index (χ4v) is 3.99. The highest BCUT2D eigenvalue weighted by atomic mass is 32.1. The summed E-state index contributed by atoms with van der Waals surface area (Å²) in [6.07, 6.45) is 2.92. The fourth-order valence-electron chi connectivity index (χ4n) is 3.41. The maximum Gasteiger partial charge on any atom is 0.273 e. The summed E-state index contributed by atoms with van der Waals surface area (Å²) < 4.78 is 5.90. The zero-order valence-corrected chi connectivity index (χ0v) is 13.1. The molecule has 0 bridgehead atoms. The van der Waals surface area contributed by atoms with E-state index >= 15 is 0 Å². The number of amides is 1. The van der Waals surface area contributed by atoms with Crippen LogP contribution in [0.3, 0.4) is 0 Å². The molecule has 21 heavy (non-hydrogen) atoms. The Labute approximate surface area is 128 Å². The van der Waals surface area contributed by atoms with Gasteiger partial charge >= 0.3 is 0 Å². The summed E-state index contributed by atoms with van der Waals surface area (Å²) in [5.41, 5.74) is 0.588. The van der Waals surface area contributed by atoms with Crippen molar-refractivity contribution < 1.29 is 9.53 Å². The smallest absolute Gasteiger partial charge is 0.273 e. The van der Waals surface area contributed by atoms with E-state index in [4.69, 9.17) is 4.74 Å². The molecule has 1 aromatic heterocycles. The average molecular weight is 307 g/mol. The molecule has 3 aliphatic rings. The number of ether oxygens (including phenoxy) is 1. The number of rotatable bonds is 3. The molecule has 1 aliphatic carbocycles. The van der Waals surface area contributed by atoms with E-state index in [0.29, 0.717) is 18.3 Å². The van der Waals surface area contributed by atoms with Gasteiger partial charge in [0.05, 0.1) is 23.8 Å². The van der Waals surface area contributed by atoms with Crippen LogP contribution >= 0.6 is 11.3 Å². The number of hydrogen-bond acceptors (Lipinski definition) is 5. The molecule has 0 spiro atoms. The largest absolute Gasteiger partial charge is 0.373 e. The van der Waals surface area contributed by atoms with Crippen molar-refractivity contribution in [2.45, 2.75) is 31.9 Å². The molecule has 0 aromatic carbocycles. The van der Waals surface area contributed by atoms with Crippen molar-refractivity contribution >= 4 is 17.2 Å². The monoisotopic (exact) mass is 307 g/mol. The Morgan fingerprint density at radius 2 is 2.33 bits per heavy atom. The van der Waals surface area contributed by atoms with Crippen LogP contribution in [0.15, 0.2) is 5.38 Å². The van der Waals surface area contributed by atoms with E-state index in [-0.39, 0.29) is 12.0 Å². The maximum atomic E-state index is 12.5. The van der Waals surface area contributed by atoms with Gasteiger partial charge in [0.1, 0.15) is 5.69 Å². The van der Waals surface area contributed by atoms with Crippen molar-refractivity contribution in [3.8, 4) is 0 Å². The molecule has 0 radical (unpaired) electrons. The maximum absolute atomic E-state index is 12.5. The van der Waals surface area contributed by atoms with Crippen LogP contribution in [0.4, 0.5) is 0 Å². The number of likely N-dealkylation sites (tertiary alicyclic amines) is 1. The molecule has 4 rings (SSSR count). The first-order valence-electron chi connectivity index (χ1n) is 7.78. The molecule has 2 saturated heterocycles. The number of nitrogens with zero attached hydrogens (tertiary/aromatic N) is 3. The van der Waals surface area contributed by atoms with E-state index in [1.165, 1.54) is 30.7 Å². The summed E-state index contributed by atoms with van der Waals surface area (Å²) in [5, 5.41) is 2.81. The standard InChI is InChI=1S/C15H21N3O2S/c1-10-16-12(9-21-10)15(19)18-7-13-14(8-18)20-5-4-17(13)6-11-2-3-11/h9,11,13-14H,2-8H2,1H3/t13-,14+/m1/s1. The van der Waals surface area contributed by atoms with Gasteiger partial charge in [-0.25, -0.2) is 4.98 Å². The second kappa shape index (κ2) is 5.34. The van der Waals surface area contributed by atoms with Crippen molar-refractivity contribution in [3.05, 3.63) is 16.1 Å². The summed E-state index contributed by atoms with van der Waals surface area (Å²) >= 11 is 1.53. The Morgan fingerprint density at radius 3 is 3.05 bits per heavy atom. The lowest BCUT2D eigenvalue weighted by Crippen LogP contribution is -2.51. The van der Waals surface area contributed by atoms with Gasteiger partial charge in [-0.2, -0.15) is 0 Å². The molecule has 0 N–H and O–H groups in total.